The highest BCUT2D eigenvalue weighted by atomic mass is 32.2. The number of imidazole rings is 1. The third-order valence-electron chi connectivity index (χ3n) is 3.13. The van der Waals surface area contributed by atoms with E-state index in [4.69, 9.17) is 5.11 Å². The molecule has 1 fully saturated rings. The lowest BCUT2D eigenvalue weighted by Crippen LogP contribution is -2.01. The molecule has 1 aromatic heterocycles. The first-order valence-electron chi connectivity index (χ1n) is 5.55. The van der Waals surface area contributed by atoms with Crippen LogP contribution in [0.25, 0.3) is 0 Å². The average molecular weight is 226 g/mol. The summed E-state index contributed by atoms with van der Waals surface area (Å²) in [5, 5.41) is 10.1. The van der Waals surface area contributed by atoms with Gasteiger partial charge in [-0.3, -0.25) is 0 Å². The third kappa shape index (κ3) is 2.55. The van der Waals surface area contributed by atoms with E-state index < -0.39 is 0 Å². The van der Waals surface area contributed by atoms with Gasteiger partial charge in [-0.25, -0.2) is 4.98 Å². The van der Waals surface area contributed by atoms with Gasteiger partial charge in [0.2, 0.25) is 0 Å². The van der Waals surface area contributed by atoms with Gasteiger partial charge in [-0.05, 0) is 18.8 Å². The molecule has 15 heavy (non-hydrogen) atoms. The highest BCUT2D eigenvalue weighted by molar-refractivity contribution is 7.99. The average Bonchev–Trinajstić information content (AvgIpc) is 2.85. The number of thioether (sulfide) groups is 1. The largest absolute Gasteiger partial charge is 0.390 e. The number of aliphatic hydroxyl groups is 1. The molecule has 1 aliphatic carbocycles. The van der Waals surface area contributed by atoms with E-state index in [2.05, 4.69) is 4.98 Å². The van der Waals surface area contributed by atoms with Crippen molar-refractivity contribution in [1.82, 2.24) is 9.55 Å². The van der Waals surface area contributed by atoms with Crippen LogP contribution >= 0.6 is 11.8 Å². The number of aromatic nitrogens is 2. The van der Waals surface area contributed by atoms with Crippen molar-refractivity contribution in [3.05, 3.63) is 11.9 Å². The van der Waals surface area contributed by atoms with Crippen LogP contribution in [0.4, 0.5) is 0 Å². The van der Waals surface area contributed by atoms with Crippen LogP contribution in [0.1, 0.15) is 31.4 Å². The van der Waals surface area contributed by atoms with E-state index in [0.717, 1.165) is 16.8 Å². The van der Waals surface area contributed by atoms with E-state index in [0.29, 0.717) is 0 Å². The standard InChI is InChI=1S/C11H18N2OS/c1-13-10(7-14)6-12-11(13)15-8-9-4-2-3-5-9/h6,9,14H,2-5,7-8H2,1H3. The van der Waals surface area contributed by atoms with E-state index >= 15 is 0 Å². The van der Waals surface area contributed by atoms with Crippen LogP contribution in [-0.2, 0) is 13.7 Å². The Hall–Kier alpha value is -0.480. The molecule has 0 saturated heterocycles. The first-order chi connectivity index (χ1) is 7.31. The number of rotatable bonds is 4. The molecule has 3 nitrogen and oxygen atoms in total. The van der Waals surface area contributed by atoms with Gasteiger partial charge in [-0.2, -0.15) is 0 Å². The minimum Gasteiger partial charge on any atom is -0.390 e. The predicted molar refractivity (Wildman–Crippen MR) is 61.8 cm³/mol. The first-order valence-corrected chi connectivity index (χ1v) is 6.54. The molecule has 1 N–H and O–H groups in total. The van der Waals surface area contributed by atoms with Crippen molar-refractivity contribution in [3.63, 3.8) is 0 Å². The van der Waals surface area contributed by atoms with Crippen molar-refractivity contribution in [1.29, 1.82) is 0 Å². The Morgan fingerprint density at radius 2 is 2.27 bits per heavy atom. The molecule has 1 aromatic rings. The van der Waals surface area contributed by atoms with Crippen LogP contribution in [0.5, 0.6) is 0 Å². The van der Waals surface area contributed by atoms with Gasteiger partial charge in [-0.1, -0.05) is 24.6 Å². The van der Waals surface area contributed by atoms with E-state index in [1.165, 1.54) is 31.4 Å². The van der Waals surface area contributed by atoms with Gasteiger partial charge >= 0.3 is 0 Å². The Kier molecular flexibility index (Phi) is 3.70. The van der Waals surface area contributed by atoms with Crippen molar-refractivity contribution in [3.8, 4) is 0 Å². The molecule has 0 unspecified atom stereocenters. The molecule has 0 bridgehead atoms. The summed E-state index contributed by atoms with van der Waals surface area (Å²) in [5.41, 5.74) is 0.893. The Morgan fingerprint density at radius 3 is 2.87 bits per heavy atom. The lowest BCUT2D eigenvalue weighted by Gasteiger charge is -2.08. The highest BCUT2D eigenvalue weighted by Crippen LogP contribution is 2.30. The van der Waals surface area contributed by atoms with Gasteiger partial charge in [0.05, 0.1) is 18.5 Å². The summed E-state index contributed by atoms with van der Waals surface area (Å²) >= 11 is 1.82. The van der Waals surface area contributed by atoms with Crippen LogP contribution in [0.2, 0.25) is 0 Å². The molecule has 84 valence electrons. The van der Waals surface area contributed by atoms with Gasteiger partial charge in [-0.15, -0.1) is 0 Å². The maximum atomic E-state index is 9.04. The molecular formula is C11H18N2OS. The van der Waals surface area contributed by atoms with Crippen molar-refractivity contribution >= 4 is 11.8 Å². The van der Waals surface area contributed by atoms with E-state index in [1.54, 1.807) is 6.20 Å². The summed E-state index contributed by atoms with van der Waals surface area (Å²) in [7, 11) is 1.97. The quantitative estimate of drug-likeness (QED) is 0.800. The Bertz CT molecular complexity index is 318. The second kappa shape index (κ2) is 5.03. The zero-order valence-electron chi connectivity index (χ0n) is 9.15. The Labute approximate surface area is 94.9 Å². The van der Waals surface area contributed by atoms with Gasteiger partial charge in [0.15, 0.2) is 5.16 Å². The maximum Gasteiger partial charge on any atom is 0.167 e. The third-order valence-corrected chi connectivity index (χ3v) is 4.40. The molecule has 0 aromatic carbocycles. The van der Waals surface area contributed by atoms with E-state index in [9.17, 15) is 0 Å². The minimum atomic E-state index is 0.0769. The fraction of sp³-hybridized carbons (Fsp3) is 0.727. The zero-order chi connectivity index (χ0) is 10.7. The molecule has 0 amide bonds. The molecule has 0 radical (unpaired) electrons. The SMILES string of the molecule is Cn1c(CO)cnc1SCC1CCCC1. The fourth-order valence-corrected chi connectivity index (χ4v) is 3.23. The summed E-state index contributed by atoms with van der Waals surface area (Å²) < 4.78 is 1.99. The van der Waals surface area contributed by atoms with E-state index in [1.807, 2.05) is 23.4 Å². The highest BCUT2D eigenvalue weighted by Gasteiger charge is 2.16. The number of nitrogens with zero attached hydrogens (tertiary/aromatic N) is 2. The van der Waals surface area contributed by atoms with Crippen LogP contribution < -0.4 is 0 Å². The summed E-state index contributed by atoms with van der Waals surface area (Å²) in [4.78, 5) is 4.31. The minimum absolute atomic E-state index is 0.0769. The lowest BCUT2D eigenvalue weighted by atomic mass is 10.1. The first kappa shape index (κ1) is 11.0. The lowest BCUT2D eigenvalue weighted by molar-refractivity contribution is 0.271. The molecule has 1 heterocycles. The molecule has 4 heteroatoms. The normalized spacial score (nSPS) is 17.5. The smallest absolute Gasteiger partial charge is 0.167 e. The van der Waals surface area contributed by atoms with Gasteiger partial charge in [0.25, 0.3) is 0 Å². The zero-order valence-corrected chi connectivity index (χ0v) is 9.96. The van der Waals surface area contributed by atoms with Crippen molar-refractivity contribution < 1.29 is 5.11 Å². The maximum absolute atomic E-state index is 9.04. The van der Waals surface area contributed by atoms with Gasteiger partial charge in [0, 0.05) is 12.8 Å². The second-order valence-corrected chi connectivity index (χ2v) is 5.20. The second-order valence-electron chi connectivity index (χ2n) is 4.21. The van der Waals surface area contributed by atoms with Crippen LogP contribution in [0.15, 0.2) is 11.4 Å². The number of hydrogen-bond donors (Lipinski definition) is 1. The van der Waals surface area contributed by atoms with Crippen LogP contribution in [0.3, 0.4) is 0 Å². The summed E-state index contributed by atoms with van der Waals surface area (Å²) in [6.07, 6.45) is 7.31. The van der Waals surface area contributed by atoms with Crippen molar-refractivity contribution in [2.24, 2.45) is 13.0 Å². The monoisotopic (exact) mass is 226 g/mol. The molecular weight excluding hydrogens is 208 g/mol. The molecule has 1 aliphatic rings. The molecule has 2 rings (SSSR count). The number of hydrogen-bond acceptors (Lipinski definition) is 3. The summed E-state index contributed by atoms with van der Waals surface area (Å²) in [6, 6.07) is 0. The Balaban J connectivity index is 1.89. The molecule has 0 atom stereocenters. The fourth-order valence-electron chi connectivity index (χ4n) is 2.08. The number of aliphatic hydroxyl groups excluding tert-OH is 1. The topological polar surface area (TPSA) is 38.0 Å². The molecule has 0 aliphatic heterocycles. The summed E-state index contributed by atoms with van der Waals surface area (Å²) in [6.45, 7) is 0.0769. The summed E-state index contributed by atoms with van der Waals surface area (Å²) in [5.74, 6) is 2.06. The predicted octanol–water partition coefficient (Wildman–Crippen LogP) is 2.19. The molecule has 1 saturated carbocycles. The van der Waals surface area contributed by atoms with Crippen molar-refractivity contribution in [2.45, 2.75) is 37.4 Å². The van der Waals surface area contributed by atoms with E-state index in [-0.39, 0.29) is 6.61 Å². The molecule has 0 spiro atoms. The van der Waals surface area contributed by atoms with Crippen LogP contribution in [0, 0.1) is 5.92 Å². The van der Waals surface area contributed by atoms with Gasteiger partial charge < -0.3 is 9.67 Å². The Morgan fingerprint density at radius 1 is 1.53 bits per heavy atom. The van der Waals surface area contributed by atoms with Crippen LogP contribution in [-0.4, -0.2) is 20.4 Å². The van der Waals surface area contributed by atoms with Gasteiger partial charge in [0.1, 0.15) is 0 Å². The van der Waals surface area contributed by atoms with Crippen molar-refractivity contribution in [2.75, 3.05) is 5.75 Å².